The lowest BCUT2D eigenvalue weighted by atomic mass is 10.2. The van der Waals surface area contributed by atoms with Gasteiger partial charge in [-0.25, -0.2) is 4.39 Å². The molecule has 2 aliphatic rings. The molecule has 1 aromatic carbocycles. The second-order valence-corrected chi connectivity index (χ2v) is 7.59. The van der Waals surface area contributed by atoms with Crippen molar-refractivity contribution >= 4 is 17.7 Å². The number of benzene rings is 1. The second kappa shape index (κ2) is 8.64. The van der Waals surface area contributed by atoms with Crippen molar-refractivity contribution in [2.75, 3.05) is 26.2 Å². The molecule has 158 valence electrons. The van der Waals surface area contributed by atoms with E-state index in [-0.39, 0.29) is 29.2 Å². The van der Waals surface area contributed by atoms with Crippen LogP contribution in [0, 0.1) is 5.82 Å². The topological polar surface area (TPSA) is 87.5 Å². The van der Waals surface area contributed by atoms with E-state index in [1.807, 2.05) is 4.90 Å². The van der Waals surface area contributed by atoms with Crippen molar-refractivity contribution < 1.29 is 18.8 Å². The van der Waals surface area contributed by atoms with Gasteiger partial charge in [0.25, 0.3) is 11.8 Å². The molecular formula is C21H24FN5O3. The maximum absolute atomic E-state index is 13.4. The zero-order valence-electron chi connectivity index (χ0n) is 16.6. The van der Waals surface area contributed by atoms with E-state index in [9.17, 15) is 18.8 Å². The first-order valence-electron chi connectivity index (χ1n) is 10.2. The van der Waals surface area contributed by atoms with Crippen LogP contribution in [0.25, 0.3) is 0 Å². The average Bonchev–Trinajstić information content (AvgIpc) is 3.34. The number of fused-ring (bicyclic) bond motifs is 1. The summed E-state index contributed by atoms with van der Waals surface area (Å²) in [6.07, 6.45) is 2.18. The Morgan fingerprint density at radius 3 is 2.77 bits per heavy atom. The lowest BCUT2D eigenvalue weighted by Gasteiger charge is -2.27. The van der Waals surface area contributed by atoms with Crippen molar-refractivity contribution in [3.8, 4) is 0 Å². The van der Waals surface area contributed by atoms with Crippen molar-refractivity contribution in [2.24, 2.45) is 0 Å². The summed E-state index contributed by atoms with van der Waals surface area (Å²) in [5.74, 6) is -0.738. The number of halogens is 1. The molecule has 30 heavy (non-hydrogen) atoms. The van der Waals surface area contributed by atoms with Crippen molar-refractivity contribution in [2.45, 2.75) is 32.4 Å². The van der Waals surface area contributed by atoms with E-state index in [4.69, 9.17) is 0 Å². The van der Waals surface area contributed by atoms with Gasteiger partial charge in [0.15, 0.2) is 5.69 Å². The molecule has 4 rings (SSSR count). The molecule has 8 nitrogen and oxygen atoms in total. The van der Waals surface area contributed by atoms with Crippen molar-refractivity contribution in [3.63, 3.8) is 0 Å². The summed E-state index contributed by atoms with van der Waals surface area (Å²) in [6, 6.07) is 7.67. The van der Waals surface area contributed by atoms with Crippen LogP contribution in [0.4, 0.5) is 4.39 Å². The summed E-state index contributed by atoms with van der Waals surface area (Å²) in [5, 5.41) is 7.06. The number of carbonyl (C=O) groups is 3. The van der Waals surface area contributed by atoms with Gasteiger partial charge in [0.05, 0.1) is 6.54 Å². The third-order valence-corrected chi connectivity index (χ3v) is 5.42. The largest absolute Gasteiger partial charge is 0.351 e. The molecule has 0 spiro atoms. The SMILES string of the molecule is O=C(NCCCN1CCCC1=O)c1cc2n(n1)CCN(Cc1cccc(F)c1)C2=O. The fraction of sp³-hybridized carbons (Fsp3) is 0.429. The molecule has 1 saturated heterocycles. The van der Waals surface area contributed by atoms with E-state index in [2.05, 4.69) is 10.4 Å². The van der Waals surface area contributed by atoms with E-state index in [1.165, 1.54) is 18.2 Å². The first-order valence-corrected chi connectivity index (χ1v) is 10.2. The van der Waals surface area contributed by atoms with Crippen LogP contribution < -0.4 is 5.32 Å². The van der Waals surface area contributed by atoms with Crippen LogP contribution in [0.5, 0.6) is 0 Å². The van der Waals surface area contributed by atoms with Crippen LogP contribution >= 0.6 is 0 Å². The summed E-state index contributed by atoms with van der Waals surface area (Å²) in [5.41, 5.74) is 1.26. The molecule has 0 aliphatic carbocycles. The van der Waals surface area contributed by atoms with Gasteiger partial charge in [0.1, 0.15) is 11.5 Å². The Kier molecular flexibility index (Phi) is 5.78. The molecular weight excluding hydrogens is 389 g/mol. The highest BCUT2D eigenvalue weighted by atomic mass is 19.1. The van der Waals surface area contributed by atoms with E-state index in [0.29, 0.717) is 56.8 Å². The normalized spacial score (nSPS) is 16.2. The van der Waals surface area contributed by atoms with Gasteiger partial charge in [-0.05, 0) is 30.5 Å². The molecule has 3 amide bonds. The molecule has 0 atom stereocenters. The predicted octanol–water partition coefficient (Wildman–Crippen LogP) is 1.42. The van der Waals surface area contributed by atoms with E-state index < -0.39 is 0 Å². The highest BCUT2D eigenvalue weighted by Gasteiger charge is 2.28. The van der Waals surface area contributed by atoms with Gasteiger partial charge in [-0.3, -0.25) is 19.1 Å². The Morgan fingerprint density at radius 2 is 2.00 bits per heavy atom. The minimum Gasteiger partial charge on any atom is -0.351 e. The minimum absolute atomic E-state index is 0.171. The monoisotopic (exact) mass is 413 g/mol. The number of amides is 3. The van der Waals surface area contributed by atoms with Crippen LogP contribution in [0.2, 0.25) is 0 Å². The number of hydrogen-bond acceptors (Lipinski definition) is 4. The molecule has 0 unspecified atom stereocenters. The number of hydrogen-bond donors (Lipinski definition) is 1. The minimum atomic E-state index is -0.339. The lowest BCUT2D eigenvalue weighted by Crippen LogP contribution is -2.39. The molecule has 9 heteroatoms. The maximum atomic E-state index is 13.4. The standard InChI is InChI=1S/C21H24FN5O3/c22-16-5-1-4-15(12-16)14-26-10-11-27-18(21(26)30)13-17(24-27)20(29)23-7-3-9-25-8-2-6-19(25)28/h1,4-5,12-13H,2-3,6-11,14H2,(H,23,29). The molecule has 0 bridgehead atoms. The fourth-order valence-corrected chi connectivity index (χ4v) is 3.86. The molecule has 1 aromatic heterocycles. The molecule has 2 aromatic rings. The maximum Gasteiger partial charge on any atom is 0.272 e. The number of aromatic nitrogens is 2. The van der Waals surface area contributed by atoms with Crippen molar-refractivity contribution in [3.05, 3.63) is 53.1 Å². The first-order chi connectivity index (χ1) is 14.5. The Bertz CT molecular complexity index is 973. The number of likely N-dealkylation sites (tertiary alicyclic amines) is 1. The zero-order valence-corrected chi connectivity index (χ0v) is 16.6. The highest BCUT2D eigenvalue weighted by molar-refractivity contribution is 5.98. The van der Waals surface area contributed by atoms with Gasteiger partial charge >= 0.3 is 0 Å². The summed E-state index contributed by atoms with van der Waals surface area (Å²) in [6.45, 7) is 3.07. The summed E-state index contributed by atoms with van der Waals surface area (Å²) < 4.78 is 14.9. The van der Waals surface area contributed by atoms with Gasteiger partial charge in [-0.2, -0.15) is 5.10 Å². The number of rotatable bonds is 7. The molecule has 3 heterocycles. The van der Waals surface area contributed by atoms with Gasteiger partial charge in [-0.1, -0.05) is 12.1 Å². The molecule has 1 fully saturated rings. The summed E-state index contributed by atoms with van der Waals surface area (Å²) >= 11 is 0. The van der Waals surface area contributed by atoms with E-state index in [1.54, 1.807) is 21.7 Å². The van der Waals surface area contributed by atoms with Crippen LogP contribution in [0.15, 0.2) is 30.3 Å². The van der Waals surface area contributed by atoms with Gasteiger partial charge in [0.2, 0.25) is 5.91 Å². The Hall–Kier alpha value is -3.23. The molecule has 2 aliphatic heterocycles. The lowest BCUT2D eigenvalue weighted by molar-refractivity contribution is -0.127. The smallest absolute Gasteiger partial charge is 0.272 e. The van der Waals surface area contributed by atoms with Crippen molar-refractivity contribution in [1.29, 1.82) is 0 Å². The van der Waals surface area contributed by atoms with Gasteiger partial charge in [0, 0.05) is 45.2 Å². The molecule has 0 saturated carbocycles. The van der Waals surface area contributed by atoms with Crippen LogP contribution in [-0.2, 0) is 17.9 Å². The van der Waals surface area contributed by atoms with Crippen molar-refractivity contribution in [1.82, 2.24) is 24.9 Å². The van der Waals surface area contributed by atoms with Crippen LogP contribution in [0.3, 0.4) is 0 Å². The highest BCUT2D eigenvalue weighted by Crippen LogP contribution is 2.17. The zero-order chi connectivity index (χ0) is 21.1. The first kappa shape index (κ1) is 20.1. The van der Waals surface area contributed by atoms with Crippen LogP contribution in [-0.4, -0.2) is 63.5 Å². The Morgan fingerprint density at radius 1 is 1.13 bits per heavy atom. The summed E-state index contributed by atoms with van der Waals surface area (Å²) in [7, 11) is 0. The fourth-order valence-electron chi connectivity index (χ4n) is 3.86. The Labute approximate surface area is 173 Å². The summed E-state index contributed by atoms with van der Waals surface area (Å²) in [4.78, 5) is 40.2. The third kappa shape index (κ3) is 4.34. The second-order valence-electron chi connectivity index (χ2n) is 7.59. The quantitative estimate of drug-likeness (QED) is 0.696. The van der Waals surface area contributed by atoms with E-state index in [0.717, 1.165) is 13.0 Å². The predicted molar refractivity (Wildman–Crippen MR) is 106 cm³/mol. The third-order valence-electron chi connectivity index (χ3n) is 5.42. The number of carbonyl (C=O) groups excluding carboxylic acids is 3. The molecule has 0 radical (unpaired) electrons. The number of nitrogens with one attached hydrogen (secondary N) is 1. The van der Waals surface area contributed by atoms with Crippen LogP contribution in [0.1, 0.15) is 45.8 Å². The average molecular weight is 413 g/mol. The van der Waals surface area contributed by atoms with Gasteiger partial charge < -0.3 is 15.1 Å². The molecule has 1 N–H and O–H groups in total. The Balaban J connectivity index is 1.32. The number of nitrogens with zero attached hydrogens (tertiary/aromatic N) is 4. The van der Waals surface area contributed by atoms with E-state index >= 15 is 0 Å². The van der Waals surface area contributed by atoms with Gasteiger partial charge in [-0.15, -0.1) is 0 Å².